The number of esters is 1. The summed E-state index contributed by atoms with van der Waals surface area (Å²) in [4.78, 5) is 21.3. The Bertz CT molecular complexity index is 238. The van der Waals surface area contributed by atoms with Crippen molar-refractivity contribution in [1.29, 1.82) is 0 Å². The summed E-state index contributed by atoms with van der Waals surface area (Å²) in [7, 11) is 0. The van der Waals surface area contributed by atoms with Crippen LogP contribution in [0.5, 0.6) is 0 Å². The van der Waals surface area contributed by atoms with Gasteiger partial charge in [0.1, 0.15) is 0 Å². The second kappa shape index (κ2) is 13.4. The highest BCUT2D eigenvalue weighted by molar-refractivity contribution is 5.76. The number of carbonyl (C=O) groups is 2. The molecule has 0 radical (unpaired) electrons. The fraction of sp³-hybridized carbons (Fsp3) is 0.867. The average Bonchev–Trinajstić information content (AvgIpc) is 2.38. The van der Waals surface area contributed by atoms with Gasteiger partial charge >= 0.3 is 11.9 Å². The van der Waals surface area contributed by atoms with Crippen molar-refractivity contribution >= 4 is 11.9 Å². The Balaban J connectivity index is 3.13. The van der Waals surface area contributed by atoms with Crippen molar-refractivity contribution in [3.05, 3.63) is 0 Å². The lowest BCUT2D eigenvalue weighted by molar-refractivity contribution is -0.147. The largest absolute Gasteiger partial charge is 0.481 e. The molecule has 0 bridgehead atoms. The first-order chi connectivity index (χ1) is 9.16. The van der Waals surface area contributed by atoms with E-state index >= 15 is 0 Å². The van der Waals surface area contributed by atoms with Crippen LogP contribution < -0.4 is 0 Å². The van der Waals surface area contributed by atoms with Crippen molar-refractivity contribution in [2.75, 3.05) is 6.61 Å². The lowest BCUT2D eigenvalue weighted by Gasteiger charge is -2.04. The quantitative estimate of drug-likeness (QED) is 0.407. The average molecular weight is 272 g/mol. The van der Waals surface area contributed by atoms with Gasteiger partial charge in [-0.25, -0.2) is 0 Å². The van der Waals surface area contributed by atoms with Crippen molar-refractivity contribution < 1.29 is 19.4 Å². The molecular formula is C15H28O4. The van der Waals surface area contributed by atoms with Gasteiger partial charge in [0, 0.05) is 0 Å². The summed E-state index contributed by atoms with van der Waals surface area (Å²) in [5.41, 5.74) is 0. The van der Waals surface area contributed by atoms with Gasteiger partial charge in [-0.3, -0.25) is 9.59 Å². The molecule has 4 heteroatoms. The number of aliphatic carboxylic acids is 1. The van der Waals surface area contributed by atoms with Crippen molar-refractivity contribution in [1.82, 2.24) is 0 Å². The highest BCUT2D eigenvalue weighted by atomic mass is 16.5. The summed E-state index contributed by atoms with van der Waals surface area (Å²) in [5.74, 6) is -1.36. The third kappa shape index (κ3) is 14.9. The fourth-order valence-electron chi connectivity index (χ4n) is 1.88. The maximum Gasteiger partial charge on any atom is 0.306 e. The van der Waals surface area contributed by atoms with Crippen LogP contribution in [0.3, 0.4) is 0 Å². The van der Waals surface area contributed by atoms with E-state index in [1.54, 1.807) is 0 Å². The molecule has 19 heavy (non-hydrogen) atoms. The summed E-state index contributed by atoms with van der Waals surface area (Å²) in [6, 6.07) is 0. The van der Waals surface area contributed by atoms with Crippen LogP contribution in [-0.4, -0.2) is 23.7 Å². The van der Waals surface area contributed by atoms with Crippen LogP contribution in [0.1, 0.15) is 77.6 Å². The van der Waals surface area contributed by atoms with Gasteiger partial charge < -0.3 is 9.84 Å². The van der Waals surface area contributed by atoms with Crippen LogP contribution in [0.15, 0.2) is 0 Å². The molecule has 0 aromatic carbocycles. The van der Waals surface area contributed by atoms with E-state index < -0.39 is 11.9 Å². The van der Waals surface area contributed by atoms with Gasteiger partial charge in [-0.1, -0.05) is 58.3 Å². The van der Waals surface area contributed by atoms with E-state index in [0.29, 0.717) is 6.61 Å². The maximum absolute atomic E-state index is 11.1. The van der Waals surface area contributed by atoms with E-state index in [1.165, 1.54) is 44.9 Å². The Morgan fingerprint density at radius 1 is 0.842 bits per heavy atom. The zero-order valence-electron chi connectivity index (χ0n) is 12.2. The number of carboxylic acids is 1. The molecule has 0 atom stereocenters. The van der Waals surface area contributed by atoms with Crippen LogP contribution in [0.2, 0.25) is 0 Å². The van der Waals surface area contributed by atoms with E-state index in [9.17, 15) is 9.59 Å². The summed E-state index contributed by atoms with van der Waals surface area (Å²) in [6.07, 6.45) is 10.9. The predicted octanol–water partition coefficient (Wildman–Crippen LogP) is 3.93. The zero-order valence-corrected chi connectivity index (χ0v) is 12.2. The van der Waals surface area contributed by atoms with E-state index in [4.69, 9.17) is 9.84 Å². The smallest absolute Gasteiger partial charge is 0.306 e. The second-order valence-electron chi connectivity index (χ2n) is 4.94. The topological polar surface area (TPSA) is 63.6 Å². The minimum absolute atomic E-state index is 0.0211. The number of unbranched alkanes of at least 4 members (excludes halogenated alkanes) is 8. The van der Waals surface area contributed by atoms with Gasteiger partial charge in [-0.05, 0) is 6.42 Å². The van der Waals surface area contributed by atoms with Crippen molar-refractivity contribution in [2.45, 2.75) is 77.6 Å². The molecule has 0 unspecified atom stereocenters. The second-order valence-corrected chi connectivity index (χ2v) is 4.94. The normalized spacial score (nSPS) is 10.4. The highest BCUT2D eigenvalue weighted by Crippen LogP contribution is 2.09. The minimum atomic E-state index is -0.958. The maximum atomic E-state index is 11.1. The molecule has 0 saturated heterocycles. The first-order valence-electron chi connectivity index (χ1n) is 7.54. The summed E-state index contributed by atoms with van der Waals surface area (Å²) in [6.45, 7) is 2.64. The lowest BCUT2D eigenvalue weighted by Crippen LogP contribution is -2.08. The molecule has 0 aliphatic heterocycles. The van der Waals surface area contributed by atoms with Crippen molar-refractivity contribution in [2.24, 2.45) is 0 Å². The SMILES string of the molecule is CCCCCCCCCCCOC(=O)CCC(=O)O. The van der Waals surface area contributed by atoms with Crippen LogP contribution in [-0.2, 0) is 14.3 Å². The first kappa shape index (κ1) is 17.9. The standard InChI is InChI=1S/C15H28O4/c1-2-3-4-5-6-7-8-9-10-13-19-15(18)12-11-14(16)17/h2-13H2,1H3,(H,16,17). The number of rotatable bonds is 13. The molecular weight excluding hydrogens is 244 g/mol. The van der Waals surface area contributed by atoms with Gasteiger partial charge in [0.25, 0.3) is 0 Å². The Morgan fingerprint density at radius 2 is 1.37 bits per heavy atom. The molecule has 112 valence electrons. The van der Waals surface area contributed by atoms with Crippen LogP contribution in [0.25, 0.3) is 0 Å². The molecule has 0 spiro atoms. The van der Waals surface area contributed by atoms with Crippen LogP contribution in [0.4, 0.5) is 0 Å². The number of hydrogen-bond acceptors (Lipinski definition) is 3. The fourth-order valence-corrected chi connectivity index (χ4v) is 1.88. The molecule has 0 aromatic rings. The molecule has 0 aliphatic carbocycles. The first-order valence-corrected chi connectivity index (χ1v) is 7.54. The highest BCUT2D eigenvalue weighted by Gasteiger charge is 2.05. The summed E-state index contributed by atoms with van der Waals surface area (Å²) < 4.78 is 4.95. The third-order valence-electron chi connectivity index (χ3n) is 3.05. The molecule has 0 heterocycles. The molecule has 0 rings (SSSR count). The van der Waals surface area contributed by atoms with Crippen molar-refractivity contribution in [3.63, 3.8) is 0 Å². The minimum Gasteiger partial charge on any atom is -0.481 e. The summed E-state index contributed by atoms with van der Waals surface area (Å²) >= 11 is 0. The lowest BCUT2D eigenvalue weighted by atomic mass is 10.1. The molecule has 4 nitrogen and oxygen atoms in total. The Hall–Kier alpha value is -1.06. The number of carboxylic acid groups (broad SMARTS) is 1. The number of ether oxygens (including phenoxy) is 1. The number of hydrogen-bond donors (Lipinski definition) is 1. The van der Waals surface area contributed by atoms with Crippen molar-refractivity contribution in [3.8, 4) is 0 Å². The van der Waals surface area contributed by atoms with Crippen LogP contribution in [0, 0.1) is 0 Å². The third-order valence-corrected chi connectivity index (χ3v) is 3.05. The van der Waals surface area contributed by atoms with Crippen LogP contribution >= 0.6 is 0 Å². The van der Waals surface area contributed by atoms with Gasteiger partial charge in [0.05, 0.1) is 19.4 Å². The van der Waals surface area contributed by atoms with Gasteiger partial charge in [-0.2, -0.15) is 0 Å². The summed E-state index contributed by atoms with van der Waals surface area (Å²) in [5, 5.41) is 8.40. The zero-order chi connectivity index (χ0) is 14.3. The van der Waals surface area contributed by atoms with Gasteiger partial charge in [-0.15, -0.1) is 0 Å². The van der Waals surface area contributed by atoms with Gasteiger partial charge in [0.15, 0.2) is 0 Å². The van der Waals surface area contributed by atoms with E-state index in [0.717, 1.165) is 12.8 Å². The number of carbonyl (C=O) groups excluding carboxylic acids is 1. The Morgan fingerprint density at radius 3 is 1.89 bits per heavy atom. The molecule has 0 aromatic heterocycles. The monoisotopic (exact) mass is 272 g/mol. The molecule has 0 saturated carbocycles. The predicted molar refractivity (Wildman–Crippen MR) is 75.1 cm³/mol. The van der Waals surface area contributed by atoms with E-state index in [-0.39, 0.29) is 12.8 Å². The molecule has 0 aliphatic rings. The Kier molecular flexibility index (Phi) is 12.6. The van der Waals surface area contributed by atoms with Gasteiger partial charge in [0.2, 0.25) is 0 Å². The van der Waals surface area contributed by atoms with E-state index in [1.807, 2.05) is 0 Å². The Labute approximate surface area is 116 Å². The van der Waals surface area contributed by atoms with E-state index in [2.05, 4.69) is 6.92 Å². The molecule has 0 fully saturated rings. The molecule has 0 amide bonds. The molecule has 1 N–H and O–H groups in total.